The number of nitrogens with zero attached hydrogens (tertiary/aromatic N) is 3. The maximum absolute atomic E-state index is 12.1. The molecule has 0 fully saturated rings. The molecule has 0 aliphatic rings. The second-order valence-electron chi connectivity index (χ2n) is 6.89. The van der Waals surface area contributed by atoms with Crippen LogP contribution in [0.5, 0.6) is 0 Å². The minimum Gasteiger partial charge on any atom is -0.379 e. The first-order valence-corrected chi connectivity index (χ1v) is 9.29. The fourth-order valence-corrected chi connectivity index (χ4v) is 2.85. The molecule has 148 valence electrons. The van der Waals surface area contributed by atoms with E-state index in [0.29, 0.717) is 37.6 Å². The molecule has 2 rings (SSSR count). The standard InChI is InChI=1S/C19H29N5O3/c1-12(2)27-10-6-9-20-17(25)8-7-16-14(4)23-24(15(16)5)19-21-13(3)11-18(26)22-19/h11-12H,6-10H2,1-5H3,(H,20,25)(H,21,22,26). The van der Waals surface area contributed by atoms with Crippen LogP contribution in [0.1, 0.15) is 49.3 Å². The molecule has 0 atom stereocenters. The molecule has 27 heavy (non-hydrogen) atoms. The van der Waals surface area contributed by atoms with Crippen LogP contribution in [0, 0.1) is 20.8 Å². The van der Waals surface area contributed by atoms with Crippen molar-refractivity contribution in [3.05, 3.63) is 39.1 Å². The Morgan fingerprint density at radius 1 is 1.33 bits per heavy atom. The third-order valence-electron chi connectivity index (χ3n) is 4.20. The van der Waals surface area contributed by atoms with Crippen molar-refractivity contribution in [3.8, 4) is 5.95 Å². The summed E-state index contributed by atoms with van der Waals surface area (Å²) in [4.78, 5) is 30.8. The summed E-state index contributed by atoms with van der Waals surface area (Å²) in [5, 5.41) is 7.39. The lowest BCUT2D eigenvalue weighted by molar-refractivity contribution is -0.121. The molecule has 8 nitrogen and oxygen atoms in total. The van der Waals surface area contributed by atoms with E-state index < -0.39 is 0 Å². The molecule has 1 amide bonds. The summed E-state index contributed by atoms with van der Waals surface area (Å²) >= 11 is 0. The first kappa shape index (κ1) is 20.8. The van der Waals surface area contributed by atoms with E-state index in [1.54, 1.807) is 11.6 Å². The van der Waals surface area contributed by atoms with Crippen LogP contribution in [0.3, 0.4) is 0 Å². The van der Waals surface area contributed by atoms with Crippen LogP contribution in [-0.2, 0) is 16.0 Å². The number of amides is 1. The number of aryl methyl sites for hydroxylation is 2. The highest BCUT2D eigenvalue weighted by Crippen LogP contribution is 2.17. The first-order valence-electron chi connectivity index (χ1n) is 9.29. The van der Waals surface area contributed by atoms with Gasteiger partial charge in [0.2, 0.25) is 11.9 Å². The lowest BCUT2D eigenvalue weighted by Crippen LogP contribution is -2.25. The van der Waals surface area contributed by atoms with Crippen molar-refractivity contribution in [2.45, 2.75) is 60.0 Å². The maximum Gasteiger partial charge on any atom is 0.252 e. The Morgan fingerprint density at radius 2 is 2.07 bits per heavy atom. The van der Waals surface area contributed by atoms with Crippen LogP contribution in [0.15, 0.2) is 10.9 Å². The molecule has 8 heteroatoms. The van der Waals surface area contributed by atoms with E-state index in [-0.39, 0.29) is 17.6 Å². The highest BCUT2D eigenvalue weighted by molar-refractivity contribution is 5.76. The van der Waals surface area contributed by atoms with E-state index in [2.05, 4.69) is 20.4 Å². The van der Waals surface area contributed by atoms with Gasteiger partial charge in [-0.2, -0.15) is 5.10 Å². The Morgan fingerprint density at radius 3 is 2.74 bits per heavy atom. The van der Waals surface area contributed by atoms with E-state index in [1.165, 1.54) is 6.07 Å². The Labute approximate surface area is 159 Å². The van der Waals surface area contributed by atoms with Crippen molar-refractivity contribution in [1.82, 2.24) is 25.1 Å². The fourth-order valence-electron chi connectivity index (χ4n) is 2.85. The normalized spacial score (nSPS) is 11.2. The minimum absolute atomic E-state index is 0.00758. The third kappa shape index (κ3) is 6.02. The molecule has 0 spiro atoms. The van der Waals surface area contributed by atoms with Gasteiger partial charge in [-0.05, 0) is 53.0 Å². The van der Waals surface area contributed by atoms with Crippen LogP contribution < -0.4 is 10.9 Å². The van der Waals surface area contributed by atoms with Crippen LogP contribution in [0.2, 0.25) is 0 Å². The Hall–Kier alpha value is -2.48. The van der Waals surface area contributed by atoms with Gasteiger partial charge >= 0.3 is 0 Å². The van der Waals surface area contributed by atoms with Gasteiger partial charge in [0, 0.05) is 37.0 Å². The SMILES string of the molecule is Cc1cc(=O)[nH]c(-n2nc(C)c(CCC(=O)NCCCOC(C)C)c2C)n1. The summed E-state index contributed by atoms with van der Waals surface area (Å²) in [5.74, 6) is 0.398. The van der Waals surface area contributed by atoms with E-state index >= 15 is 0 Å². The van der Waals surface area contributed by atoms with Crippen molar-refractivity contribution >= 4 is 5.91 Å². The molecule has 0 saturated carbocycles. The predicted octanol–water partition coefficient (Wildman–Crippen LogP) is 1.74. The van der Waals surface area contributed by atoms with E-state index in [0.717, 1.165) is 23.4 Å². The number of nitrogens with one attached hydrogen (secondary N) is 2. The van der Waals surface area contributed by atoms with Crippen molar-refractivity contribution in [1.29, 1.82) is 0 Å². The number of aromatic amines is 1. The Bertz CT molecular complexity index is 838. The fraction of sp³-hybridized carbons (Fsp3) is 0.579. The molecule has 2 aromatic rings. The molecule has 0 aromatic carbocycles. The van der Waals surface area contributed by atoms with Gasteiger partial charge in [-0.15, -0.1) is 0 Å². The third-order valence-corrected chi connectivity index (χ3v) is 4.20. The van der Waals surface area contributed by atoms with Gasteiger partial charge in [0.25, 0.3) is 5.56 Å². The second kappa shape index (κ2) is 9.45. The van der Waals surface area contributed by atoms with E-state index in [1.807, 2.05) is 27.7 Å². The highest BCUT2D eigenvalue weighted by atomic mass is 16.5. The lowest BCUT2D eigenvalue weighted by atomic mass is 10.1. The monoisotopic (exact) mass is 375 g/mol. The van der Waals surface area contributed by atoms with Crippen molar-refractivity contribution in [2.24, 2.45) is 0 Å². The lowest BCUT2D eigenvalue weighted by Gasteiger charge is -2.08. The number of H-pyrrole nitrogens is 1. The minimum atomic E-state index is -0.215. The molecule has 0 unspecified atom stereocenters. The van der Waals surface area contributed by atoms with Crippen molar-refractivity contribution in [2.75, 3.05) is 13.2 Å². The van der Waals surface area contributed by atoms with Crippen molar-refractivity contribution < 1.29 is 9.53 Å². The van der Waals surface area contributed by atoms with Crippen LogP contribution in [0.25, 0.3) is 5.95 Å². The average Bonchev–Trinajstić information content (AvgIpc) is 2.86. The van der Waals surface area contributed by atoms with Gasteiger partial charge in [-0.25, -0.2) is 9.67 Å². The average molecular weight is 375 g/mol. The number of carbonyl (C=O) groups is 1. The Kier molecular flexibility index (Phi) is 7.29. The van der Waals surface area contributed by atoms with Gasteiger partial charge in [-0.1, -0.05) is 0 Å². The molecule has 0 saturated heterocycles. The first-order chi connectivity index (χ1) is 12.8. The number of hydrogen-bond acceptors (Lipinski definition) is 5. The largest absolute Gasteiger partial charge is 0.379 e. The predicted molar refractivity (Wildman–Crippen MR) is 103 cm³/mol. The van der Waals surface area contributed by atoms with Gasteiger partial charge in [0.05, 0.1) is 11.8 Å². The maximum atomic E-state index is 12.1. The van der Waals surface area contributed by atoms with Crippen molar-refractivity contribution in [3.63, 3.8) is 0 Å². The highest BCUT2D eigenvalue weighted by Gasteiger charge is 2.15. The van der Waals surface area contributed by atoms with Gasteiger partial charge in [0.1, 0.15) is 0 Å². The topological polar surface area (TPSA) is 102 Å². The van der Waals surface area contributed by atoms with Crippen LogP contribution in [0.4, 0.5) is 0 Å². The Balaban J connectivity index is 1.95. The smallest absolute Gasteiger partial charge is 0.252 e. The summed E-state index contributed by atoms with van der Waals surface area (Å²) in [6.07, 6.45) is 1.98. The molecular weight excluding hydrogens is 346 g/mol. The van der Waals surface area contributed by atoms with Gasteiger partial charge in [-0.3, -0.25) is 14.6 Å². The number of carbonyl (C=O) groups excluding carboxylic acids is 1. The molecule has 0 radical (unpaired) electrons. The van der Waals surface area contributed by atoms with Crippen LogP contribution >= 0.6 is 0 Å². The molecule has 2 heterocycles. The molecule has 0 aliphatic carbocycles. The van der Waals surface area contributed by atoms with Gasteiger partial charge in [0.15, 0.2) is 0 Å². The number of rotatable bonds is 9. The number of aromatic nitrogens is 4. The summed E-state index contributed by atoms with van der Waals surface area (Å²) in [7, 11) is 0. The zero-order valence-electron chi connectivity index (χ0n) is 16.8. The summed E-state index contributed by atoms with van der Waals surface area (Å²) in [6.45, 7) is 10.8. The number of hydrogen-bond donors (Lipinski definition) is 2. The molecule has 0 aliphatic heterocycles. The zero-order chi connectivity index (χ0) is 20.0. The molecule has 2 aromatic heterocycles. The van der Waals surface area contributed by atoms with Gasteiger partial charge < -0.3 is 10.1 Å². The molecule has 2 N–H and O–H groups in total. The second-order valence-corrected chi connectivity index (χ2v) is 6.89. The molecule has 0 bridgehead atoms. The molecular formula is C19H29N5O3. The quantitative estimate of drug-likeness (QED) is 0.650. The summed E-state index contributed by atoms with van der Waals surface area (Å²) in [6, 6.07) is 1.44. The van der Waals surface area contributed by atoms with E-state index in [9.17, 15) is 9.59 Å². The number of ether oxygens (including phenoxy) is 1. The zero-order valence-corrected chi connectivity index (χ0v) is 16.8. The van der Waals surface area contributed by atoms with E-state index in [4.69, 9.17) is 4.74 Å². The summed E-state index contributed by atoms with van der Waals surface area (Å²) in [5.41, 5.74) is 3.11. The van der Waals surface area contributed by atoms with Crippen LogP contribution in [-0.4, -0.2) is 44.9 Å². The summed E-state index contributed by atoms with van der Waals surface area (Å²) < 4.78 is 7.08.